The van der Waals surface area contributed by atoms with E-state index in [1.165, 1.54) is 4.68 Å². The number of rotatable bonds is 6. The molecule has 0 saturated carbocycles. The summed E-state index contributed by atoms with van der Waals surface area (Å²) >= 11 is 0. The molecule has 9 heteroatoms. The molecule has 1 fully saturated rings. The van der Waals surface area contributed by atoms with Crippen LogP contribution in [0, 0.1) is 18.8 Å². The van der Waals surface area contributed by atoms with Gasteiger partial charge in [-0.2, -0.15) is 0 Å². The molecule has 0 bridgehead atoms. The van der Waals surface area contributed by atoms with E-state index in [2.05, 4.69) is 27.0 Å². The fraction of sp³-hybridized carbons (Fsp3) is 0.308. The Morgan fingerprint density at radius 1 is 1.17 bits per heavy atom. The van der Waals surface area contributed by atoms with Gasteiger partial charge in [-0.1, -0.05) is 30.5 Å². The number of hydrogen-bond acceptors (Lipinski definition) is 6. The van der Waals surface area contributed by atoms with Crippen LogP contribution in [-0.4, -0.2) is 44.4 Å². The van der Waals surface area contributed by atoms with Gasteiger partial charge in [0.1, 0.15) is 17.3 Å². The lowest BCUT2D eigenvalue weighted by molar-refractivity contribution is 0.0990. The van der Waals surface area contributed by atoms with Crippen molar-refractivity contribution in [3.63, 3.8) is 0 Å². The number of benzene rings is 1. The molecule has 5 N–H and O–H groups in total. The summed E-state index contributed by atoms with van der Waals surface area (Å²) in [6.45, 7) is 5.23. The molecule has 0 aliphatic carbocycles. The number of pyridine rings is 1. The number of likely N-dealkylation sites (tertiary alicyclic amines) is 1. The van der Waals surface area contributed by atoms with Crippen LogP contribution in [0.3, 0.4) is 0 Å². The summed E-state index contributed by atoms with van der Waals surface area (Å²) in [5.74, 6) is 12.5. The first kappa shape index (κ1) is 24.0. The molecule has 4 rings (SSSR count). The highest BCUT2D eigenvalue weighted by Gasteiger charge is 2.31. The third-order valence-electron chi connectivity index (χ3n) is 6.12. The van der Waals surface area contributed by atoms with E-state index in [4.69, 9.17) is 16.6 Å². The Hall–Kier alpha value is -4.16. The van der Waals surface area contributed by atoms with Crippen molar-refractivity contribution in [2.75, 3.05) is 24.2 Å². The number of nitrogens with zero attached hydrogens (tertiary/aromatic N) is 4. The molecule has 35 heavy (non-hydrogen) atoms. The normalized spacial score (nSPS) is 15.8. The number of imidazole rings is 1. The fourth-order valence-electron chi connectivity index (χ4n) is 4.28. The van der Waals surface area contributed by atoms with Crippen LogP contribution >= 0.6 is 0 Å². The SMILES string of the molecule is CC#CCN1CCCCC1c1nc(-c2ccc(C(=O)Nc3ccc(C)cn3)cc2)c(C(N)=O)n1N. The van der Waals surface area contributed by atoms with Crippen molar-refractivity contribution in [2.45, 2.75) is 39.2 Å². The second-order valence-corrected chi connectivity index (χ2v) is 8.56. The van der Waals surface area contributed by atoms with Gasteiger partial charge >= 0.3 is 0 Å². The molecule has 1 aliphatic rings. The standard InChI is InChI=1S/C26H29N7O2/c1-3-4-14-32-15-6-5-7-20(32)25-31-22(23(24(27)34)33(25)28)18-9-11-19(12-10-18)26(35)30-21-13-8-17(2)16-29-21/h8-13,16,20H,5-7,14-15,28H2,1-2H3,(H2,27,34)(H,29,30,35). The minimum absolute atomic E-state index is 0.0616. The molecule has 1 saturated heterocycles. The van der Waals surface area contributed by atoms with E-state index < -0.39 is 5.91 Å². The van der Waals surface area contributed by atoms with Crippen LogP contribution in [0.2, 0.25) is 0 Å². The summed E-state index contributed by atoms with van der Waals surface area (Å²) in [6.07, 6.45) is 4.66. The van der Waals surface area contributed by atoms with Gasteiger partial charge in [0.2, 0.25) is 0 Å². The van der Waals surface area contributed by atoms with Gasteiger partial charge in [0.15, 0.2) is 5.69 Å². The minimum atomic E-state index is -0.663. The largest absolute Gasteiger partial charge is 0.364 e. The predicted molar refractivity (Wildman–Crippen MR) is 135 cm³/mol. The monoisotopic (exact) mass is 471 g/mol. The summed E-state index contributed by atoms with van der Waals surface area (Å²) in [5, 5.41) is 2.77. The van der Waals surface area contributed by atoms with E-state index >= 15 is 0 Å². The van der Waals surface area contributed by atoms with Crippen LogP contribution in [0.15, 0.2) is 42.6 Å². The van der Waals surface area contributed by atoms with Crippen LogP contribution in [0.4, 0.5) is 5.82 Å². The number of piperidine rings is 1. The Kier molecular flexibility index (Phi) is 7.13. The zero-order valence-electron chi connectivity index (χ0n) is 19.9. The molecule has 1 aromatic carbocycles. The number of carbonyl (C=O) groups excluding carboxylic acids is 2. The number of anilines is 1. The van der Waals surface area contributed by atoms with Gasteiger partial charge < -0.3 is 16.9 Å². The predicted octanol–water partition coefficient (Wildman–Crippen LogP) is 2.87. The number of aryl methyl sites for hydroxylation is 1. The molecular weight excluding hydrogens is 442 g/mol. The third-order valence-corrected chi connectivity index (χ3v) is 6.12. The third kappa shape index (κ3) is 5.18. The van der Waals surface area contributed by atoms with Crippen molar-refractivity contribution in [3.8, 4) is 23.1 Å². The summed E-state index contributed by atoms with van der Waals surface area (Å²) in [4.78, 5) is 36.2. The second-order valence-electron chi connectivity index (χ2n) is 8.56. The van der Waals surface area contributed by atoms with Gasteiger partial charge in [-0.15, -0.1) is 5.92 Å². The molecule has 1 atom stereocenters. The lowest BCUT2D eigenvalue weighted by atomic mass is 10.0. The lowest BCUT2D eigenvalue weighted by Gasteiger charge is -2.33. The van der Waals surface area contributed by atoms with Gasteiger partial charge in [0.25, 0.3) is 11.8 Å². The van der Waals surface area contributed by atoms with Crippen LogP contribution < -0.4 is 16.9 Å². The van der Waals surface area contributed by atoms with Gasteiger partial charge in [-0.3, -0.25) is 14.5 Å². The Morgan fingerprint density at radius 3 is 2.60 bits per heavy atom. The maximum atomic E-state index is 12.6. The number of aromatic nitrogens is 3. The van der Waals surface area contributed by atoms with Crippen LogP contribution in [-0.2, 0) is 0 Å². The number of nitrogen functional groups attached to an aromatic ring is 1. The molecule has 2 aromatic heterocycles. The van der Waals surface area contributed by atoms with E-state index in [1.54, 1.807) is 36.5 Å². The Morgan fingerprint density at radius 2 is 1.94 bits per heavy atom. The van der Waals surface area contributed by atoms with E-state index in [9.17, 15) is 9.59 Å². The van der Waals surface area contributed by atoms with Crippen molar-refractivity contribution in [3.05, 3.63) is 65.2 Å². The molecule has 0 radical (unpaired) electrons. The van der Waals surface area contributed by atoms with Crippen molar-refractivity contribution >= 4 is 17.6 Å². The van der Waals surface area contributed by atoms with E-state index in [0.29, 0.717) is 35.0 Å². The summed E-state index contributed by atoms with van der Waals surface area (Å²) < 4.78 is 1.31. The molecule has 3 aromatic rings. The van der Waals surface area contributed by atoms with Crippen molar-refractivity contribution in [2.24, 2.45) is 5.73 Å². The van der Waals surface area contributed by atoms with Crippen molar-refractivity contribution in [1.82, 2.24) is 19.5 Å². The molecule has 3 heterocycles. The second kappa shape index (κ2) is 10.4. The zero-order chi connectivity index (χ0) is 24.9. The first-order valence-electron chi connectivity index (χ1n) is 11.5. The minimum Gasteiger partial charge on any atom is -0.364 e. The first-order valence-corrected chi connectivity index (χ1v) is 11.5. The molecule has 1 unspecified atom stereocenters. The van der Waals surface area contributed by atoms with Gasteiger partial charge in [0, 0.05) is 17.3 Å². The Bertz CT molecular complexity index is 1280. The van der Waals surface area contributed by atoms with E-state index in [0.717, 1.165) is 31.4 Å². The summed E-state index contributed by atoms with van der Waals surface area (Å²) in [6, 6.07) is 10.4. The number of primary amides is 1. The average molecular weight is 472 g/mol. The molecule has 1 aliphatic heterocycles. The molecule has 2 amide bonds. The van der Waals surface area contributed by atoms with Crippen LogP contribution in [0.25, 0.3) is 11.3 Å². The Balaban J connectivity index is 1.62. The van der Waals surface area contributed by atoms with Gasteiger partial charge in [-0.05, 0) is 57.0 Å². The van der Waals surface area contributed by atoms with Crippen LogP contribution in [0.1, 0.15) is 64.5 Å². The first-order chi connectivity index (χ1) is 16.9. The highest BCUT2D eigenvalue weighted by Crippen LogP contribution is 2.33. The summed E-state index contributed by atoms with van der Waals surface area (Å²) in [5.41, 5.74) is 8.32. The van der Waals surface area contributed by atoms with Gasteiger partial charge in [-0.25, -0.2) is 14.6 Å². The lowest BCUT2D eigenvalue weighted by Crippen LogP contribution is -2.37. The van der Waals surface area contributed by atoms with E-state index in [1.807, 2.05) is 19.9 Å². The smallest absolute Gasteiger partial charge is 0.269 e. The fourth-order valence-corrected chi connectivity index (χ4v) is 4.28. The molecule has 9 nitrogen and oxygen atoms in total. The zero-order valence-corrected chi connectivity index (χ0v) is 19.9. The molecule has 180 valence electrons. The number of amides is 2. The maximum absolute atomic E-state index is 12.6. The van der Waals surface area contributed by atoms with Crippen molar-refractivity contribution in [1.29, 1.82) is 0 Å². The topological polar surface area (TPSA) is 132 Å². The summed E-state index contributed by atoms with van der Waals surface area (Å²) in [7, 11) is 0. The van der Waals surface area contributed by atoms with E-state index in [-0.39, 0.29) is 17.6 Å². The average Bonchev–Trinajstić information content (AvgIpc) is 3.21. The van der Waals surface area contributed by atoms with Crippen LogP contribution in [0.5, 0.6) is 0 Å². The highest BCUT2D eigenvalue weighted by molar-refractivity contribution is 6.04. The Labute approximate surface area is 204 Å². The van der Waals surface area contributed by atoms with Gasteiger partial charge in [0.05, 0.1) is 12.6 Å². The molecular formula is C26H29N7O2. The maximum Gasteiger partial charge on any atom is 0.269 e. The number of hydrogen-bond donors (Lipinski definition) is 3. The number of nitrogens with one attached hydrogen (secondary N) is 1. The van der Waals surface area contributed by atoms with Crippen molar-refractivity contribution < 1.29 is 9.59 Å². The number of carbonyl (C=O) groups is 2. The number of nitrogens with two attached hydrogens (primary N) is 2. The highest BCUT2D eigenvalue weighted by atomic mass is 16.2. The quantitative estimate of drug-likeness (QED) is 0.374. The molecule has 0 spiro atoms.